The highest BCUT2D eigenvalue weighted by Crippen LogP contribution is 2.12. The van der Waals surface area contributed by atoms with Crippen LogP contribution >= 0.6 is 0 Å². The number of aromatic hydroxyl groups is 1. The van der Waals surface area contributed by atoms with E-state index in [4.69, 9.17) is 11.5 Å². The summed E-state index contributed by atoms with van der Waals surface area (Å²) in [6.07, 6.45) is 2.25. The van der Waals surface area contributed by atoms with Crippen LogP contribution in [-0.2, 0) is 36.8 Å². The van der Waals surface area contributed by atoms with E-state index in [1.807, 2.05) is 0 Å². The predicted octanol–water partition coefficient (Wildman–Crippen LogP) is -1.95. The maximum atomic E-state index is 13.1. The topological polar surface area (TPSA) is 243 Å². The van der Waals surface area contributed by atoms with E-state index in [-0.39, 0.29) is 31.4 Å². The zero-order chi connectivity index (χ0) is 27.5. The summed E-state index contributed by atoms with van der Waals surface area (Å²) in [6.45, 7) is 1.43. The number of aliphatic carboxylic acids is 1. The van der Waals surface area contributed by atoms with E-state index in [9.17, 15) is 34.2 Å². The molecular formula is C23H31N7O7. The fraction of sp³-hybridized carbons (Fsp3) is 0.391. The number of imidazole rings is 1. The van der Waals surface area contributed by atoms with Crippen molar-refractivity contribution in [3.8, 4) is 5.75 Å². The number of nitrogens with one attached hydrogen (secondary N) is 4. The number of H-pyrrole nitrogens is 1. The number of phenols is 1. The van der Waals surface area contributed by atoms with Crippen molar-refractivity contribution in [1.82, 2.24) is 25.9 Å². The summed E-state index contributed by atoms with van der Waals surface area (Å²) < 4.78 is 0. The zero-order valence-corrected chi connectivity index (χ0v) is 20.1. The fourth-order valence-corrected chi connectivity index (χ4v) is 3.30. The molecule has 37 heavy (non-hydrogen) atoms. The molecule has 0 aliphatic heterocycles. The molecule has 2 aromatic rings. The van der Waals surface area contributed by atoms with Gasteiger partial charge in [-0.1, -0.05) is 12.1 Å². The Morgan fingerprint density at radius 1 is 0.946 bits per heavy atom. The maximum absolute atomic E-state index is 13.1. The molecule has 1 aromatic carbocycles. The third kappa shape index (κ3) is 9.60. The van der Waals surface area contributed by atoms with Gasteiger partial charge >= 0.3 is 5.97 Å². The van der Waals surface area contributed by atoms with Crippen molar-refractivity contribution < 1.29 is 34.2 Å². The molecule has 4 atom stereocenters. The summed E-state index contributed by atoms with van der Waals surface area (Å²) in [4.78, 5) is 68.1. The highest BCUT2D eigenvalue weighted by molar-refractivity contribution is 5.94. The third-order valence-electron chi connectivity index (χ3n) is 5.33. The lowest BCUT2D eigenvalue weighted by Crippen LogP contribution is -2.57. The zero-order valence-electron chi connectivity index (χ0n) is 20.1. The number of primary amides is 1. The first kappa shape index (κ1) is 28.8. The summed E-state index contributed by atoms with van der Waals surface area (Å²) in [5, 5.41) is 26.4. The van der Waals surface area contributed by atoms with Crippen molar-refractivity contribution in [2.75, 3.05) is 0 Å². The van der Waals surface area contributed by atoms with Gasteiger partial charge in [-0.3, -0.25) is 19.2 Å². The Labute approximate surface area is 212 Å². The van der Waals surface area contributed by atoms with Gasteiger partial charge in [0.15, 0.2) is 0 Å². The summed E-state index contributed by atoms with van der Waals surface area (Å²) in [7, 11) is 0. The van der Waals surface area contributed by atoms with Gasteiger partial charge in [0.1, 0.15) is 23.9 Å². The Morgan fingerprint density at radius 2 is 1.54 bits per heavy atom. The minimum atomic E-state index is -1.37. The molecule has 1 aromatic heterocycles. The summed E-state index contributed by atoms with van der Waals surface area (Å²) in [6, 6.07) is 0.986. The van der Waals surface area contributed by atoms with Crippen LogP contribution in [0.3, 0.4) is 0 Å². The molecule has 200 valence electrons. The lowest BCUT2D eigenvalue weighted by Gasteiger charge is -2.24. The molecule has 0 aliphatic rings. The van der Waals surface area contributed by atoms with Gasteiger partial charge in [-0.05, 0) is 31.0 Å². The monoisotopic (exact) mass is 517 g/mol. The van der Waals surface area contributed by atoms with Crippen LogP contribution in [0.25, 0.3) is 0 Å². The average molecular weight is 518 g/mol. The van der Waals surface area contributed by atoms with Crippen molar-refractivity contribution in [3.05, 3.63) is 48.0 Å². The first-order valence-corrected chi connectivity index (χ1v) is 11.4. The maximum Gasteiger partial charge on any atom is 0.326 e. The van der Waals surface area contributed by atoms with Crippen LogP contribution in [0, 0.1) is 0 Å². The summed E-state index contributed by atoms with van der Waals surface area (Å²) in [5.41, 5.74) is 11.8. The lowest BCUT2D eigenvalue weighted by molar-refractivity contribution is -0.142. The number of hydrogen-bond donors (Lipinski definition) is 8. The van der Waals surface area contributed by atoms with Gasteiger partial charge in [-0.15, -0.1) is 0 Å². The average Bonchev–Trinajstić information content (AvgIpc) is 3.34. The number of nitrogens with two attached hydrogens (primary N) is 2. The SMILES string of the molecule is CC(N)C(=O)NC(Cc1cnc[nH]1)C(=O)NC(CCC(N)=O)C(=O)NC(Cc1ccc(O)cc1)C(=O)O. The molecule has 14 nitrogen and oxygen atoms in total. The number of nitrogens with zero attached hydrogens (tertiary/aromatic N) is 1. The molecule has 0 bridgehead atoms. The highest BCUT2D eigenvalue weighted by Gasteiger charge is 2.30. The summed E-state index contributed by atoms with van der Waals surface area (Å²) >= 11 is 0. The van der Waals surface area contributed by atoms with E-state index < -0.39 is 53.8 Å². The largest absolute Gasteiger partial charge is 0.508 e. The Balaban J connectivity index is 2.19. The Hall–Kier alpha value is -4.46. The molecule has 14 heteroatoms. The molecule has 0 spiro atoms. The standard InChI is InChI=1S/C23H31N7O7/c1-12(24)20(33)29-17(9-14-10-26-11-27-14)22(35)28-16(6-7-19(25)32)21(34)30-18(23(36)37)8-13-2-4-15(31)5-3-13/h2-5,10-12,16-18,31H,6-9,24H2,1H3,(H2,25,32)(H,26,27)(H,28,35)(H,29,33)(H,30,34)(H,36,37). The molecule has 0 aliphatic carbocycles. The van der Waals surface area contributed by atoms with Crippen molar-refractivity contribution in [1.29, 1.82) is 0 Å². The van der Waals surface area contributed by atoms with Crippen LogP contribution in [0.4, 0.5) is 0 Å². The van der Waals surface area contributed by atoms with E-state index in [0.717, 1.165) is 0 Å². The van der Waals surface area contributed by atoms with Crippen molar-refractivity contribution in [2.24, 2.45) is 11.5 Å². The molecule has 1 heterocycles. The number of hydrogen-bond acceptors (Lipinski definition) is 8. The number of carboxylic acids is 1. The van der Waals surface area contributed by atoms with E-state index in [1.54, 1.807) is 0 Å². The van der Waals surface area contributed by atoms with Gasteiger partial charge in [0.2, 0.25) is 23.6 Å². The molecule has 4 amide bonds. The van der Waals surface area contributed by atoms with E-state index in [1.165, 1.54) is 43.7 Å². The molecule has 0 fully saturated rings. The molecule has 10 N–H and O–H groups in total. The van der Waals surface area contributed by atoms with Crippen LogP contribution in [-0.4, -0.2) is 73.9 Å². The number of aromatic nitrogens is 2. The van der Waals surface area contributed by atoms with Crippen LogP contribution in [0.2, 0.25) is 0 Å². The number of phenolic OH excluding ortho intramolecular Hbond substituents is 1. The second-order valence-corrected chi connectivity index (χ2v) is 8.47. The molecule has 0 radical (unpaired) electrons. The smallest absolute Gasteiger partial charge is 0.326 e. The first-order valence-electron chi connectivity index (χ1n) is 11.4. The summed E-state index contributed by atoms with van der Waals surface area (Å²) in [5.74, 6) is -4.31. The number of carbonyl (C=O) groups is 5. The van der Waals surface area contributed by atoms with E-state index in [2.05, 4.69) is 25.9 Å². The normalized spacial score (nSPS) is 14.0. The number of aromatic amines is 1. The van der Waals surface area contributed by atoms with Crippen LogP contribution in [0.5, 0.6) is 5.75 Å². The molecule has 0 saturated carbocycles. The predicted molar refractivity (Wildman–Crippen MR) is 130 cm³/mol. The third-order valence-corrected chi connectivity index (χ3v) is 5.33. The van der Waals surface area contributed by atoms with Gasteiger partial charge in [0.05, 0.1) is 12.4 Å². The molecule has 2 rings (SSSR count). The molecular weight excluding hydrogens is 486 g/mol. The first-order chi connectivity index (χ1) is 17.5. The van der Waals surface area contributed by atoms with E-state index in [0.29, 0.717) is 11.3 Å². The van der Waals surface area contributed by atoms with E-state index >= 15 is 0 Å². The number of amides is 4. The van der Waals surface area contributed by atoms with Gasteiger partial charge in [-0.25, -0.2) is 9.78 Å². The van der Waals surface area contributed by atoms with Gasteiger partial charge in [-0.2, -0.15) is 0 Å². The quantitative estimate of drug-likeness (QED) is 0.139. The fourth-order valence-electron chi connectivity index (χ4n) is 3.30. The van der Waals surface area contributed by atoms with Crippen LogP contribution < -0.4 is 27.4 Å². The Bertz CT molecular complexity index is 1090. The van der Waals surface area contributed by atoms with Gasteiger partial charge < -0.3 is 42.6 Å². The minimum absolute atomic E-state index is 0.00491. The van der Waals surface area contributed by atoms with Crippen molar-refractivity contribution in [3.63, 3.8) is 0 Å². The number of rotatable bonds is 14. The number of carboxylic acid groups (broad SMARTS) is 1. The Morgan fingerprint density at radius 3 is 2.08 bits per heavy atom. The number of benzene rings is 1. The lowest BCUT2D eigenvalue weighted by atomic mass is 10.0. The minimum Gasteiger partial charge on any atom is -0.508 e. The van der Waals surface area contributed by atoms with Gasteiger partial charge in [0.25, 0.3) is 0 Å². The highest BCUT2D eigenvalue weighted by atomic mass is 16.4. The van der Waals surface area contributed by atoms with Gasteiger partial charge in [0, 0.05) is 31.2 Å². The molecule has 0 saturated heterocycles. The second kappa shape index (κ2) is 13.6. The number of carbonyl (C=O) groups excluding carboxylic acids is 4. The van der Waals surface area contributed by atoms with Crippen LogP contribution in [0.15, 0.2) is 36.8 Å². The molecule has 4 unspecified atom stereocenters. The Kier molecular flexibility index (Phi) is 10.6. The van der Waals surface area contributed by atoms with Crippen LogP contribution in [0.1, 0.15) is 31.0 Å². The second-order valence-electron chi connectivity index (χ2n) is 8.47. The van der Waals surface area contributed by atoms with Crippen molar-refractivity contribution in [2.45, 2.75) is 56.8 Å². The van der Waals surface area contributed by atoms with Crippen molar-refractivity contribution >= 4 is 29.6 Å².